The van der Waals surface area contributed by atoms with Crippen molar-refractivity contribution in [1.82, 2.24) is 35.0 Å². The molecule has 4 rings (SSSR count). The fraction of sp³-hybridized carbons (Fsp3) is 0.409. The lowest BCUT2D eigenvalue weighted by molar-refractivity contribution is 0.0720. The Hall–Kier alpha value is -3.49. The molecule has 162 valence electrons. The summed E-state index contributed by atoms with van der Waals surface area (Å²) in [4.78, 5) is 27.4. The minimum absolute atomic E-state index is 0.000595. The van der Waals surface area contributed by atoms with Gasteiger partial charge >= 0.3 is 0 Å². The lowest BCUT2D eigenvalue weighted by Crippen LogP contribution is -2.38. The number of carbonyl (C=O) groups is 2. The van der Waals surface area contributed by atoms with Gasteiger partial charge in [0.2, 0.25) is 0 Å². The highest BCUT2D eigenvalue weighted by Crippen LogP contribution is 2.22. The molecule has 2 amide bonds. The van der Waals surface area contributed by atoms with Crippen molar-refractivity contribution in [3.8, 4) is 0 Å². The first-order valence-corrected chi connectivity index (χ1v) is 10.6. The molecule has 1 saturated heterocycles. The number of aryl methyl sites for hydroxylation is 2. The Kier molecular flexibility index (Phi) is 6.11. The van der Waals surface area contributed by atoms with Crippen molar-refractivity contribution in [2.75, 3.05) is 6.54 Å². The third-order valence-corrected chi connectivity index (χ3v) is 5.60. The van der Waals surface area contributed by atoms with Crippen LogP contribution in [-0.2, 0) is 19.6 Å². The number of rotatable bonds is 7. The van der Waals surface area contributed by atoms with Gasteiger partial charge in [0, 0.05) is 25.8 Å². The smallest absolute Gasteiger partial charge is 0.273 e. The van der Waals surface area contributed by atoms with Crippen LogP contribution in [0.4, 0.5) is 0 Å². The van der Waals surface area contributed by atoms with Crippen LogP contribution in [0.25, 0.3) is 0 Å². The van der Waals surface area contributed by atoms with Crippen molar-refractivity contribution in [3.05, 3.63) is 65.2 Å². The van der Waals surface area contributed by atoms with Crippen molar-refractivity contribution in [1.29, 1.82) is 0 Å². The van der Waals surface area contributed by atoms with E-state index in [1.54, 1.807) is 15.6 Å². The zero-order valence-electron chi connectivity index (χ0n) is 17.9. The Bertz CT molecular complexity index is 1060. The van der Waals surface area contributed by atoms with Gasteiger partial charge in [-0.2, -0.15) is 5.10 Å². The first-order valence-electron chi connectivity index (χ1n) is 10.6. The van der Waals surface area contributed by atoms with Gasteiger partial charge in [0.1, 0.15) is 0 Å². The summed E-state index contributed by atoms with van der Waals surface area (Å²) in [7, 11) is 0. The van der Waals surface area contributed by atoms with E-state index in [4.69, 9.17) is 0 Å². The number of amides is 2. The minimum atomic E-state index is -0.267. The standard InChI is InChI=1S/C22H27N7O2/c1-3-27-14-19(16(2)25-27)22(31)29-11-7-10-18(29)13-28-15-20(24-26-28)21(30)23-12-17-8-5-4-6-9-17/h4-6,8-9,14-15,18H,3,7,10-13H2,1-2H3,(H,23,30). The second-order valence-corrected chi connectivity index (χ2v) is 7.77. The van der Waals surface area contributed by atoms with E-state index in [2.05, 4.69) is 20.7 Å². The molecule has 1 aliphatic rings. The van der Waals surface area contributed by atoms with Gasteiger partial charge in [0.15, 0.2) is 5.69 Å². The van der Waals surface area contributed by atoms with E-state index in [1.165, 1.54) is 0 Å². The lowest BCUT2D eigenvalue weighted by atomic mass is 10.2. The highest BCUT2D eigenvalue weighted by atomic mass is 16.2. The zero-order chi connectivity index (χ0) is 21.8. The lowest BCUT2D eigenvalue weighted by Gasteiger charge is -2.24. The monoisotopic (exact) mass is 421 g/mol. The molecule has 1 aromatic carbocycles. The second kappa shape index (κ2) is 9.11. The van der Waals surface area contributed by atoms with Crippen LogP contribution >= 0.6 is 0 Å². The van der Waals surface area contributed by atoms with Crippen molar-refractivity contribution < 1.29 is 9.59 Å². The maximum atomic E-state index is 13.1. The molecule has 31 heavy (non-hydrogen) atoms. The van der Waals surface area contributed by atoms with Crippen molar-refractivity contribution in [2.24, 2.45) is 0 Å². The van der Waals surface area contributed by atoms with E-state index in [-0.39, 0.29) is 23.6 Å². The average Bonchev–Trinajstić information content (AvgIpc) is 3.52. The summed E-state index contributed by atoms with van der Waals surface area (Å²) in [6.45, 7) is 6.23. The molecule has 0 aliphatic carbocycles. The summed E-state index contributed by atoms with van der Waals surface area (Å²) in [6, 6.07) is 9.72. The fourth-order valence-electron chi connectivity index (χ4n) is 3.91. The van der Waals surface area contributed by atoms with Crippen LogP contribution in [0, 0.1) is 6.92 Å². The number of carbonyl (C=O) groups excluding carboxylic acids is 2. The van der Waals surface area contributed by atoms with Gasteiger partial charge in [0.25, 0.3) is 11.8 Å². The predicted molar refractivity (Wildman–Crippen MR) is 114 cm³/mol. The molecule has 3 aromatic rings. The summed E-state index contributed by atoms with van der Waals surface area (Å²) >= 11 is 0. The van der Waals surface area contributed by atoms with Crippen LogP contribution < -0.4 is 5.32 Å². The summed E-state index contributed by atoms with van der Waals surface area (Å²) in [5.41, 5.74) is 2.68. The van der Waals surface area contributed by atoms with Crippen LogP contribution in [-0.4, -0.2) is 54.1 Å². The number of likely N-dealkylation sites (tertiary alicyclic amines) is 1. The number of hydrogen-bond donors (Lipinski definition) is 1. The molecule has 9 heteroatoms. The fourth-order valence-corrected chi connectivity index (χ4v) is 3.91. The first kappa shape index (κ1) is 20.8. The van der Waals surface area contributed by atoms with Crippen LogP contribution in [0.1, 0.15) is 51.9 Å². The Morgan fingerprint density at radius 1 is 1.16 bits per heavy atom. The highest BCUT2D eigenvalue weighted by molar-refractivity contribution is 5.95. The van der Waals surface area contributed by atoms with Crippen LogP contribution in [0.2, 0.25) is 0 Å². The molecule has 0 spiro atoms. The second-order valence-electron chi connectivity index (χ2n) is 7.77. The number of aromatic nitrogens is 5. The molecule has 0 saturated carbocycles. The molecule has 9 nitrogen and oxygen atoms in total. The summed E-state index contributed by atoms with van der Waals surface area (Å²) < 4.78 is 3.43. The van der Waals surface area contributed by atoms with Crippen LogP contribution in [0.15, 0.2) is 42.7 Å². The molecule has 3 heterocycles. The van der Waals surface area contributed by atoms with E-state index in [9.17, 15) is 9.59 Å². The summed E-state index contributed by atoms with van der Waals surface area (Å²) in [5.74, 6) is -0.266. The van der Waals surface area contributed by atoms with Gasteiger partial charge in [-0.15, -0.1) is 5.10 Å². The van der Waals surface area contributed by atoms with Gasteiger partial charge in [-0.3, -0.25) is 14.3 Å². The van der Waals surface area contributed by atoms with Crippen LogP contribution in [0.5, 0.6) is 0 Å². The third-order valence-electron chi connectivity index (χ3n) is 5.60. The summed E-state index contributed by atoms with van der Waals surface area (Å²) in [6.07, 6.45) is 5.29. The third kappa shape index (κ3) is 4.65. The Balaban J connectivity index is 1.38. The van der Waals surface area contributed by atoms with E-state index in [1.807, 2.05) is 55.3 Å². The SMILES string of the molecule is CCn1cc(C(=O)N2CCCC2Cn2cc(C(=O)NCc3ccccc3)nn2)c(C)n1. The quantitative estimate of drug-likeness (QED) is 0.630. The van der Waals surface area contributed by atoms with Gasteiger partial charge in [0.05, 0.1) is 30.0 Å². The Morgan fingerprint density at radius 3 is 2.71 bits per heavy atom. The van der Waals surface area contributed by atoms with Gasteiger partial charge in [-0.1, -0.05) is 35.5 Å². The number of benzene rings is 1. The minimum Gasteiger partial charge on any atom is -0.347 e. The molecule has 1 aliphatic heterocycles. The number of nitrogens with zero attached hydrogens (tertiary/aromatic N) is 6. The zero-order valence-corrected chi connectivity index (χ0v) is 17.9. The number of nitrogens with one attached hydrogen (secondary N) is 1. The van der Waals surface area contributed by atoms with Gasteiger partial charge in [-0.05, 0) is 32.3 Å². The van der Waals surface area contributed by atoms with Crippen molar-refractivity contribution in [3.63, 3.8) is 0 Å². The normalized spacial score (nSPS) is 15.9. The largest absolute Gasteiger partial charge is 0.347 e. The van der Waals surface area contributed by atoms with E-state index < -0.39 is 0 Å². The molecular weight excluding hydrogens is 394 g/mol. The molecule has 1 fully saturated rings. The number of hydrogen-bond acceptors (Lipinski definition) is 5. The molecular formula is C22H27N7O2. The molecule has 1 unspecified atom stereocenters. The average molecular weight is 422 g/mol. The molecule has 0 radical (unpaired) electrons. The molecule has 0 bridgehead atoms. The van der Waals surface area contributed by atoms with Crippen LogP contribution in [0.3, 0.4) is 0 Å². The highest BCUT2D eigenvalue weighted by Gasteiger charge is 2.31. The van der Waals surface area contributed by atoms with E-state index in [0.717, 1.165) is 30.6 Å². The first-order chi connectivity index (χ1) is 15.0. The maximum Gasteiger partial charge on any atom is 0.273 e. The van der Waals surface area contributed by atoms with Crippen molar-refractivity contribution >= 4 is 11.8 Å². The predicted octanol–water partition coefficient (Wildman–Crippen LogP) is 2.04. The topological polar surface area (TPSA) is 97.9 Å². The summed E-state index contributed by atoms with van der Waals surface area (Å²) in [5, 5.41) is 15.4. The molecule has 1 N–H and O–H groups in total. The van der Waals surface area contributed by atoms with Crippen molar-refractivity contribution in [2.45, 2.75) is 52.4 Å². The van der Waals surface area contributed by atoms with E-state index in [0.29, 0.717) is 25.2 Å². The van der Waals surface area contributed by atoms with Gasteiger partial charge in [-0.25, -0.2) is 4.68 Å². The molecule has 1 atom stereocenters. The molecule has 2 aromatic heterocycles. The Morgan fingerprint density at radius 2 is 1.97 bits per heavy atom. The van der Waals surface area contributed by atoms with E-state index >= 15 is 0 Å². The maximum absolute atomic E-state index is 13.1. The Labute approximate surface area is 181 Å². The van der Waals surface area contributed by atoms with Gasteiger partial charge < -0.3 is 10.2 Å².